The number of nitrogens with one attached hydrogen (secondary N) is 1. The van der Waals surface area contributed by atoms with Gasteiger partial charge in [0.2, 0.25) is 5.82 Å². The third-order valence-corrected chi connectivity index (χ3v) is 3.02. The number of aliphatic hydroxyl groups excluding tert-OH is 2. The number of hydrogen-bond acceptors (Lipinski definition) is 5. The summed E-state index contributed by atoms with van der Waals surface area (Å²) in [6.45, 7) is -0.651. The summed E-state index contributed by atoms with van der Waals surface area (Å²) in [7, 11) is 0. The Morgan fingerprint density at radius 1 is 1.57 bits per heavy atom. The molecule has 0 bridgehead atoms. The summed E-state index contributed by atoms with van der Waals surface area (Å²) in [5, 5.41) is 19.0. The van der Waals surface area contributed by atoms with E-state index in [9.17, 15) is 24.2 Å². The van der Waals surface area contributed by atoms with Crippen LogP contribution in [0.3, 0.4) is 0 Å². The van der Waals surface area contributed by atoms with E-state index in [4.69, 9.17) is 11.2 Å². The van der Waals surface area contributed by atoms with Crippen LogP contribution in [0.2, 0.25) is 0 Å². The van der Waals surface area contributed by atoms with Gasteiger partial charge in [0.15, 0.2) is 5.60 Å². The molecule has 1 fully saturated rings. The minimum Gasteiger partial charge on any atom is -0.392 e. The van der Waals surface area contributed by atoms with Gasteiger partial charge in [-0.25, -0.2) is 4.79 Å². The Kier molecular flexibility index (Phi) is 9.08. The Morgan fingerprint density at radius 3 is 2.67 bits per heavy atom. The molecule has 1 aliphatic rings. The fourth-order valence-electron chi connectivity index (χ4n) is 1.91. The summed E-state index contributed by atoms with van der Waals surface area (Å²) in [4.78, 5) is 24.2. The molecule has 2 radical (unpaired) electrons. The van der Waals surface area contributed by atoms with Crippen LogP contribution in [-0.2, 0) is 4.74 Å². The van der Waals surface area contributed by atoms with E-state index in [1.807, 2.05) is 0 Å². The van der Waals surface area contributed by atoms with Crippen molar-refractivity contribution in [2.24, 2.45) is 0 Å². The second kappa shape index (κ2) is 8.69. The van der Waals surface area contributed by atoms with E-state index in [1.165, 1.54) is 0 Å². The summed E-state index contributed by atoms with van der Waals surface area (Å²) < 4.78 is 19.2. The molecule has 0 saturated carbocycles. The Balaban J connectivity index is 0.00000200. The average molecular weight is 724 g/mol. The molecule has 0 aliphatic carbocycles. The SMILES string of the molecule is C#C[C@]1(CO)O[C@@H](n2cc(F)c(=O)[nH]c2=O)CC1O.[Ac].[Ac]. The molecule has 10 heteroatoms. The number of aliphatic hydroxyl groups is 2. The van der Waals surface area contributed by atoms with E-state index in [0.29, 0.717) is 6.20 Å². The summed E-state index contributed by atoms with van der Waals surface area (Å²) >= 11 is 0. The van der Waals surface area contributed by atoms with E-state index in [1.54, 1.807) is 4.98 Å². The molecule has 3 atom stereocenters. The van der Waals surface area contributed by atoms with Crippen molar-refractivity contribution < 1.29 is 107 Å². The Morgan fingerprint density at radius 2 is 2.19 bits per heavy atom. The number of ether oxygens (including phenoxy) is 1. The second-order valence-electron chi connectivity index (χ2n) is 4.16. The largest absolute Gasteiger partial charge is 0.392 e. The first-order valence-corrected chi connectivity index (χ1v) is 5.39. The fourth-order valence-corrected chi connectivity index (χ4v) is 1.91. The van der Waals surface area contributed by atoms with Gasteiger partial charge in [-0.2, -0.15) is 4.39 Å². The molecule has 0 spiro atoms. The molecule has 1 saturated heterocycles. The van der Waals surface area contributed by atoms with Crippen LogP contribution in [0.25, 0.3) is 0 Å². The van der Waals surface area contributed by atoms with Gasteiger partial charge in [-0.3, -0.25) is 14.3 Å². The van der Waals surface area contributed by atoms with Crippen molar-refractivity contribution in [2.75, 3.05) is 6.61 Å². The van der Waals surface area contributed by atoms with Crippen LogP contribution in [0.4, 0.5) is 4.39 Å². The van der Waals surface area contributed by atoms with Crippen molar-refractivity contribution in [3.8, 4) is 12.3 Å². The number of hydrogen-bond donors (Lipinski definition) is 3. The molecule has 21 heavy (non-hydrogen) atoms. The van der Waals surface area contributed by atoms with E-state index in [-0.39, 0.29) is 94.5 Å². The Labute approximate surface area is 190 Å². The van der Waals surface area contributed by atoms with Gasteiger partial charge in [0.05, 0.1) is 12.8 Å². The normalized spacial score (nSPS) is 27.3. The molecule has 1 aromatic rings. The van der Waals surface area contributed by atoms with Crippen molar-refractivity contribution >= 4 is 0 Å². The molecular formula is C11H11Ac2FN2O5. The van der Waals surface area contributed by atoms with Gasteiger partial charge < -0.3 is 14.9 Å². The van der Waals surface area contributed by atoms with Crippen LogP contribution in [-0.4, -0.2) is 38.1 Å². The third kappa shape index (κ3) is 4.27. The molecule has 2 rings (SSSR count). The monoisotopic (exact) mass is 724 g/mol. The molecule has 0 amide bonds. The van der Waals surface area contributed by atoms with Crippen molar-refractivity contribution in [2.45, 2.75) is 24.4 Å². The van der Waals surface area contributed by atoms with Crippen molar-refractivity contribution in [3.63, 3.8) is 0 Å². The number of terminal acetylenes is 1. The first-order valence-electron chi connectivity index (χ1n) is 5.39. The third-order valence-electron chi connectivity index (χ3n) is 3.02. The van der Waals surface area contributed by atoms with E-state index >= 15 is 0 Å². The molecular weight excluding hydrogens is 713 g/mol. The first-order chi connectivity index (χ1) is 8.93. The Hall–Kier alpha value is 0.933. The quantitative estimate of drug-likeness (QED) is 0.317. The zero-order chi connectivity index (χ0) is 14.2. The minimum atomic E-state index is -1.64. The van der Waals surface area contributed by atoms with Crippen LogP contribution in [0.15, 0.2) is 15.8 Å². The van der Waals surface area contributed by atoms with Crippen molar-refractivity contribution in [1.29, 1.82) is 0 Å². The van der Waals surface area contributed by atoms with Crippen LogP contribution in [0.1, 0.15) is 12.6 Å². The maximum atomic E-state index is 13.2. The summed E-state index contributed by atoms with van der Waals surface area (Å²) in [6, 6.07) is 0. The summed E-state index contributed by atoms with van der Waals surface area (Å²) in [5.41, 5.74) is -3.68. The van der Waals surface area contributed by atoms with Crippen LogP contribution in [0.5, 0.6) is 0 Å². The number of nitrogens with zero attached hydrogens (tertiary/aromatic N) is 1. The topological polar surface area (TPSA) is 105 Å². The number of aromatic nitrogens is 2. The van der Waals surface area contributed by atoms with Gasteiger partial charge in [-0.05, 0) is 0 Å². The van der Waals surface area contributed by atoms with Gasteiger partial charge in [-0.1, -0.05) is 5.92 Å². The summed E-state index contributed by atoms with van der Waals surface area (Å²) in [6.07, 6.45) is 3.46. The van der Waals surface area contributed by atoms with Crippen LogP contribution in [0, 0.1) is 106 Å². The van der Waals surface area contributed by atoms with E-state index in [2.05, 4.69) is 5.92 Å². The zero-order valence-corrected chi connectivity index (χ0v) is 20.3. The number of aromatic amines is 1. The first kappa shape index (κ1) is 21.9. The molecule has 3 N–H and O–H groups in total. The minimum absolute atomic E-state index is 0. The maximum absolute atomic E-state index is 13.2. The number of H-pyrrole nitrogens is 1. The smallest absolute Gasteiger partial charge is 0.330 e. The zero-order valence-electron chi connectivity index (χ0n) is 10.8. The predicted molar refractivity (Wildman–Crippen MR) is 60.7 cm³/mol. The summed E-state index contributed by atoms with van der Waals surface area (Å²) in [5.74, 6) is 0.952. The maximum Gasteiger partial charge on any atom is 0.330 e. The number of rotatable bonds is 2. The molecule has 108 valence electrons. The van der Waals surface area contributed by atoms with Gasteiger partial charge in [0.25, 0.3) is 5.56 Å². The molecule has 1 aliphatic heterocycles. The average Bonchev–Trinajstić information content (AvgIpc) is 2.71. The van der Waals surface area contributed by atoms with Crippen molar-refractivity contribution in [1.82, 2.24) is 9.55 Å². The second-order valence-corrected chi connectivity index (χ2v) is 4.16. The Bertz CT molecular complexity index is 655. The van der Waals surface area contributed by atoms with E-state index in [0.717, 1.165) is 4.57 Å². The van der Waals surface area contributed by atoms with Gasteiger partial charge in [0, 0.05) is 94.5 Å². The molecule has 1 unspecified atom stereocenters. The van der Waals surface area contributed by atoms with Crippen LogP contribution >= 0.6 is 0 Å². The van der Waals surface area contributed by atoms with Gasteiger partial charge in [-0.15, -0.1) is 6.42 Å². The molecule has 7 nitrogen and oxygen atoms in total. The number of halogens is 1. The van der Waals surface area contributed by atoms with E-state index < -0.39 is 41.6 Å². The van der Waals surface area contributed by atoms with Crippen LogP contribution < -0.4 is 11.2 Å². The van der Waals surface area contributed by atoms with Gasteiger partial charge in [0.1, 0.15) is 12.3 Å². The van der Waals surface area contributed by atoms with Gasteiger partial charge >= 0.3 is 5.69 Å². The van der Waals surface area contributed by atoms with Crippen molar-refractivity contribution in [3.05, 3.63) is 32.9 Å². The fraction of sp³-hybridized carbons (Fsp3) is 0.455. The standard InChI is InChI=1S/C11H11FN2O5.2Ac/c1-2-11(5-15)7(16)3-8(19-11)14-4-6(12)9(17)13-10(14)18;;/h1,4,7-8,15-16H,3,5H2,(H,13,17,18);;/t7?,8-,11-;;/m1../s1. The molecule has 2 heterocycles. The molecule has 0 aromatic carbocycles. The predicted octanol–water partition coefficient (Wildman–Crippen LogP) is -1.68. The molecule has 1 aromatic heterocycles.